The van der Waals surface area contributed by atoms with Crippen LogP contribution in [0, 0.1) is 0 Å². The van der Waals surface area contributed by atoms with E-state index in [1.807, 2.05) is 24.3 Å². The predicted octanol–water partition coefficient (Wildman–Crippen LogP) is 3.25. The first-order valence-electron chi connectivity index (χ1n) is 5.49. The van der Waals surface area contributed by atoms with Crippen LogP contribution in [0.4, 0.5) is 0 Å². The highest BCUT2D eigenvalue weighted by Crippen LogP contribution is 2.25. The third-order valence-electron chi connectivity index (χ3n) is 2.45. The fourth-order valence-electron chi connectivity index (χ4n) is 1.58. The minimum absolute atomic E-state index is 0.511. The third-order valence-corrected chi connectivity index (χ3v) is 2.45. The first kappa shape index (κ1) is 11.3. The molecule has 0 amide bonds. The molecule has 0 saturated heterocycles. The second-order valence-electron chi connectivity index (χ2n) is 3.64. The van der Waals surface area contributed by atoms with Crippen molar-refractivity contribution in [3.05, 3.63) is 53.9 Å². The maximum absolute atomic E-state index is 10.6. The minimum Gasteiger partial charge on any atom is -0.455 e. The Morgan fingerprint density at radius 3 is 2.88 bits per heavy atom. The van der Waals surface area contributed by atoms with Crippen molar-refractivity contribution in [1.29, 1.82) is 0 Å². The lowest BCUT2D eigenvalue weighted by atomic mass is 10.1. The maximum Gasteiger partial charge on any atom is 0.151 e. The van der Waals surface area contributed by atoms with Crippen molar-refractivity contribution in [2.45, 2.75) is 13.3 Å². The summed E-state index contributed by atoms with van der Waals surface area (Å²) in [6, 6.07) is 9.50. The topological polar surface area (TPSA) is 39.2 Å². The zero-order valence-corrected chi connectivity index (χ0v) is 9.59. The Hall–Kier alpha value is -2.16. The van der Waals surface area contributed by atoms with Crippen LogP contribution in [0.2, 0.25) is 0 Å². The zero-order valence-electron chi connectivity index (χ0n) is 9.59. The van der Waals surface area contributed by atoms with Crippen molar-refractivity contribution in [2.24, 2.45) is 0 Å². The van der Waals surface area contributed by atoms with Gasteiger partial charge in [-0.2, -0.15) is 0 Å². The molecule has 0 spiro atoms. The molecule has 0 fully saturated rings. The van der Waals surface area contributed by atoms with Gasteiger partial charge in [0.1, 0.15) is 11.5 Å². The number of para-hydroxylation sites is 1. The molecule has 0 atom stereocenters. The van der Waals surface area contributed by atoms with Crippen LogP contribution in [-0.4, -0.2) is 11.3 Å². The summed E-state index contributed by atoms with van der Waals surface area (Å²) in [4.78, 5) is 14.6. The number of rotatable bonds is 4. The van der Waals surface area contributed by atoms with Crippen LogP contribution in [-0.2, 0) is 6.42 Å². The molecule has 0 aliphatic carbocycles. The highest BCUT2D eigenvalue weighted by molar-refractivity contribution is 5.74. The van der Waals surface area contributed by atoms with E-state index in [1.165, 1.54) is 6.20 Å². The molecule has 2 rings (SSSR count). The number of hydrogen-bond donors (Lipinski definition) is 0. The molecule has 0 unspecified atom stereocenters. The Morgan fingerprint density at radius 2 is 2.12 bits per heavy atom. The van der Waals surface area contributed by atoms with E-state index in [0.717, 1.165) is 24.0 Å². The summed E-state index contributed by atoms with van der Waals surface area (Å²) in [7, 11) is 0. The number of pyridine rings is 1. The van der Waals surface area contributed by atoms with Crippen molar-refractivity contribution in [3.63, 3.8) is 0 Å². The third kappa shape index (κ3) is 2.69. The van der Waals surface area contributed by atoms with E-state index in [4.69, 9.17) is 4.74 Å². The van der Waals surface area contributed by atoms with Gasteiger partial charge in [-0.3, -0.25) is 9.78 Å². The van der Waals surface area contributed by atoms with Crippen LogP contribution in [0.5, 0.6) is 11.5 Å². The van der Waals surface area contributed by atoms with Gasteiger partial charge in [0, 0.05) is 11.8 Å². The van der Waals surface area contributed by atoms with Crippen molar-refractivity contribution in [3.8, 4) is 11.5 Å². The molecule has 0 N–H and O–H groups in total. The molecular weight excluding hydrogens is 214 g/mol. The summed E-state index contributed by atoms with van der Waals surface area (Å²) < 4.78 is 5.72. The largest absolute Gasteiger partial charge is 0.455 e. The van der Waals surface area contributed by atoms with Crippen molar-refractivity contribution >= 4 is 6.29 Å². The lowest BCUT2D eigenvalue weighted by Gasteiger charge is -2.09. The smallest absolute Gasteiger partial charge is 0.151 e. The minimum atomic E-state index is 0.511. The number of aromatic nitrogens is 1. The summed E-state index contributed by atoms with van der Waals surface area (Å²) in [6.07, 6.45) is 4.76. The fraction of sp³-hybridized carbons (Fsp3) is 0.143. The van der Waals surface area contributed by atoms with E-state index >= 15 is 0 Å². The summed E-state index contributed by atoms with van der Waals surface area (Å²) in [6.45, 7) is 2.07. The quantitative estimate of drug-likeness (QED) is 0.752. The number of aldehydes is 1. The molecule has 0 aliphatic heterocycles. The van der Waals surface area contributed by atoms with Gasteiger partial charge in [-0.25, -0.2) is 0 Å². The highest BCUT2D eigenvalue weighted by Gasteiger charge is 2.03. The van der Waals surface area contributed by atoms with E-state index in [2.05, 4.69) is 11.9 Å². The summed E-state index contributed by atoms with van der Waals surface area (Å²) in [5.74, 6) is 1.38. The molecule has 1 aromatic heterocycles. The van der Waals surface area contributed by atoms with Gasteiger partial charge in [0.2, 0.25) is 0 Å². The van der Waals surface area contributed by atoms with Gasteiger partial charge >= 0.3 is 0 Å². The first-order chi connectivity index (χ1) is 8.33. The van der Waals surface area contributed by atoms with Gasteiger partial charge in [0.25, 0.3) is 0 Å². The number of aryl methyl sites for hydroxylation is 1. The van der Waals surface area contributed by atoms with E-state index < -0.39 is 0 Å². The molecule has 86 valence electrons. The van der Waals surface area contributed by atoms with Gasteiger partial charge in [0.15, 0.2) is 6.29 Å². The van der Waals surface area contributed by atoms with Crippen molar-refractivity contribution < 1.29 is 9.53 Å². The molecule has 3 nitrogen and oxygen atoms in total. The van der Waals surface area contributed by atoms with E-state index in [9.17, 15) is 4.79 Å². The van der Waals surface area contributed by atoms with Gasteiger partial charge in [-0.05, 0) is 24.1 Å². The van der Waals surface area contributed by atoms with Crippen molar-refractivity contribution in [1.82, 2.24) is 4.98 Å². The lowest BCUT2D eigenvalue weighted by molar-refractivity contribution is 0.112. The molecular formula is C14H13NO2. The zero-order chi connectivity index (χ0) is 12.1. The van der Waals surface area contributed by atoms with E-state index in [0.29, 0.717) is 11.3 Å². The molecule has 3 heteroatoms. The Balaban J connectivity index is 2.27. The van der Waals surface area contributed by atoms with Crippen LogP contribution in [0.3, 0.4) is 0 Å². The van der Waals surface area contributed by atoms with Crippen LogP contribution in [0.15, 0.2) is 42.7 Å². The molecule has 0 saturated carbocycles. The average Bonchev–Trinajstić information content (AvgIpc) is 2.39. The molecule has 0 aliphatic rings. The van der Waals surface area contributed by atoms with Crippen LogP contribution in [0.25, 0.3) is 0 Å². The molecule has 17 heavy (non-hydrogen) atoms. The molecule has 1 heterocycles. The summed E-state index contributed by atoms with van der Waals surface area (Å²) in [5.41, 5.74) is 1.64. The molecule has 0 bridgehead atoms. The summed E-state index contributed by atoms with van der Waals surface area (Å²) >= 11 is 0. The van der Waals surface area contributed by atoms with Crippen LogP contribution < -0.4 is 4.74 Å². The van der Waals surface area contributed by atoms with Gasteiger partial charge in [0.05, 0.1) is 6.20 Å². The monoisotopic (exact) mass is 227 g/mol. The average molecular weight is 227 g/mol. The Labute approximate surface area is 100 Å². The van der Waals surface area contributed by atoms with E-state index in [1.54, 1.807) is 12.3 Å². The lowest BCUT2D eigenvalue weighted by Crippen LogP contribution is -1.92. The fourth-order valence-corrected chi connectivity index (χ4v) is 1.58. The SMILES string of the molecule is CCc1ccccc1Oc1cncc(C=O)c1. The number of hydrogen-bond acceptors (Lipinski definition) is 3. The van der Waals surface area contributed by atoms with Gasteiger partial charge in [-0.15, -0.1) is 0 Å². The highest BCUT2D eigenvalue weighted by atomic mass is 16.5. The Kier molecular flexibility index (Phi) is 3.50. The number of benzene rings is 1. The van der Waals surface area contributed by atoms with Crippen LogP contribution >= 0.6 is 0 Å². The van der Waals surface area contributed by atoms with Crippen LogP contribution in [0.1, 0.15) is 22.8 Å². The Bertz CT molecular complexity index is 523. The standard InChI is InChI=1S/C14H13NO2/c1-2-12-5-3-4-6-14(12)17-13-7-11(10-16)8-15-9-13/h3-10H,2H2,1H3. The number of carbonyl (C=O) groups excluding carboxylic acids is 1. The maximum atomic E-state index is 10.6. The first-order valence-corrected chi connectivity index (χ1v) is 5.49. The second kappa shape index (κ2) is 5.25. The second-order valence-corrected chi connectivity index (χ2v) is 3.64. The Morgan fingerprint density at radius 1 is 1.29 bits per heavy atom. The normalized spacial score (nSPS) is 9.94. The van der Waals surface area contributed by atoms with Crippen molar-refractivity contribution in [2.75, 3.05) is 0 Å². The predicted molar refractivity (Wildman–Crippen MR) is 65.5 cm³/mol. The van der Waals surface area contributed by atoms with Gasteiger partial charge in [-0.1, -0.05) is 25.1 Å². The summed E-state index contributed by atoms with van der Waals surface area (Å²) in [5, 5.41) is 0. The number of carbonyl (C=O) groups is 1. The van der Waals surface area contributed by atoms with Gasteiger partial charge < -0.3 is 4.74 Å². The van der Waals surface area contributed by atoms with E-state index in [-0.39, 0.29) is 0 Å². The molecule has 1 aromatic carbocycles. The number of ether oxygens (including phenoxy) is 1. The number of nitrogens with zero attached hydrogens (tertiary/aromatic N) is 1. The molecule has 0 radical (unpaired) electrons. The molecule has 2 aromatic rings.